The Morgan fingerprint density at radius 1 is 1.30 bits per heavy atom. The maximum atomic E-state index is 13.5. The quantitative estimate of drug-likeness (QED) is 0.851. The van der Waals surface area contributed by atoms with Crippen molar-refractivity contribution in [1.82, 2.24) is 4.90 Å². The Labute approximate surface area is 125 Å². The summed E-state index contributed by atoms with van der Waals surface area (Å²) in [7, 11) is 0. The molecule has 0 radical (unpaired) electrons. The second kappa shape index (κ2) is 5.97. The van der Waals surface area contributed by atoms with Gasteiger partial charge >= 0.3 is 0 Å². The van der Waals surface area contributed by atoms with Crippen molar-refractivity contribution >= 4 is 35.0 Å². The largest absolute Gasteiger partial charge is 0.369 e. The van der Waals surface area contributed by atoms with Crippen LogP contribution in [-0.4, -0.2) is 29.8 Å². The molecule has 20 heavy (non-hydrogen) atoms. The van der Waals surface area contributed by atoms with Gasteiger partial charge in [0.1, 0.15) is 5.82 Å². The Morgan fingerprint density at radius 3 is 2.65 bits per heavy atom. The average molecular weight is 319 g/mol. The van der Waals surface area contributed by atoms with Crippen LogP contribution in [0.15, 0.2) is 12.1 Å². The zero-order chi connectivity index (χ0) is 14.9. The number of carbonyl (C=O) groups is 2. The Balaban J connectivity index is 2.23. The SMILES string of the molecule is NC(=O)C1CCCN(C(=O)c2cc(F)c(Cl)cc2Cl)C1. The molecule has 0 spiro atoms. The molecule has 1 saturated heterocycles. The minimum Gasteiger partial charge on any atom is -0.369 e. The van der Waals surface area contributed by atoms with Crippen molar-refractivity contribution < 1.29 is 14.0 Å². The Bertz CT molecular complexity index is 566. The molecule has 7 heteroatoms. The molecule has 1 aromatic carbocycles. The summed E-state index contributed by atoms with van der Waals surface area (Å²) in [6.45, 7) is 0.720. The average Bonchev–Trinajstić information content (AvgIpc) is 2.42. The van der Waals surface area contributed by atoms with Gasteiger partial charge in [-0.3, -0.25) is 9.59 Å². The van der Waals surface area contributed by atoms with E-state index in [1.807, 2.05) is 0 Å². The standard InChI is InChI=1S/C13H13Cl2FN2O2/c14-9-5-10(15)11(16)4-8(9)13(20)18-3-1-2-7(6-18)12(17)19/h4-5,7H,1-3,6H2,(H2,17,19). The number of halogens is 3. The van der Waals surface area contributed by atoms with E-state index in [4.69, 9.17) is 28.9 Å². The van der Waals surface area contributed by atoms with Crippen molar-refractivity contribution in [3.63, 3.8) is 0 Å². The lowest BCUT2D eigenvalue weighted by atomic mass is 9.97. The number of carbonyl (C=O) groups excluding carboxylic acids is 2. The molecule has 1 atom stereocenters. The second-order valence-corrected chi connectivity index (χ2v) is 5.55. The van der Waals surface area contributed by atoms with Gasteiger partial charge in [0.2, 0.25) is 5.91 Å². The number of hydrogen-bond acceptors (Lipinski definition) is 2. The number of piperidine rings is 1. The topological polar surface area (TPSA) is 63.4 Å². The maximum absolute atomic E-state index is 13.5. The van der Waals surface area contributed by atoms with Crippen molar-refractivity contribution in [3.8, 4) is 0 Å². The Morgan fingerprint density at radius 2 is 2.00 bits per heavy atom. The van der Waals surface area contributed by atoms with E-state index < -0.39 is 17.6 Å². The van der Waals surface area contributed by atoms with Gasteiger partial charge in [0, 0.05) is 13.1 Å². The van der Waals surface area contributed by atoms with Gasteiger partial charge in [-0.15, -0.1) is 0 Å². The normalized spacial score (nSPS) is 18.9. The monoisotopic (exact) mass is 318 g/mol. The highest BCUT2D eigenvalue weighted by molar-refractivity contribution is 6.36. The van der Waals surface area contributed by atoms with Crippen LogP contribution in [0.25, 0.3) is 0 Å². The molecule has 0 saturated carbocycles. The summed E-state index contributed by atoms with van der Waals surface area (Å²) in [5, 5.41) is -0.0530. The van der Waals surface area contributed by atoms with Crippen molar-refractivity contribution in [3.05, 3.63) is 33.6 Å². The maximum Gasteiger partial charge on any atom is 0.255 e. The zero-order valence-electron chi connectivity index (χ0n) is 10.5. The highest BCUT2D eigenvalue weighted by Gasteiger charge is 2.28. The first kappa shape index (κ1) is 15.1. The summed E-state index contributed by atoms with van der Waals surface area (Å²) in [4.78, 5) is 25.0. The molecule has 1 aliphatic heterocycles. The van der Waals surface area contributed by atoms with Crippen LogP contribution in [0.3, 0.4) is 0 Å². The van der Waals surface area contributed by atoms with Gasteiger partial charge < -0.3 is 10.6 Å². The van der Waals surface area contributed by atoms with Gasteiger partial charge in [-0.1, -0.05) is 23.2 Å². The van der Waals surface area contributed by atoms with E-state index >= 15 is 0 Å². The van der Waals surface area contributed by atoms with Crippen LogP contribution in [0, 0.1) is 11.7 Å². The Hall–Kier alpha value is -1.33. The van der Waals surface area contributed by atoms with Crippen molar-refractivity contribution in [2.75, 3.05) is 13.1 Å². The molecule has 0 aromatic heterocycles. The van der Waals surface area contributed by atoms with Crippen molar-refractivity contribution in [1.29, 1.82) is 0 Å². The molecular formula is C13H13Cl2FN2O2. The van der Waals surface area contributed by atoms with E-state index in [0.29, 0.717) is 19.4 Å². The van der Waals surface area contributed by atoms with E-state index in [1.54, 1.807) is 0 Å². The lowest BCUT2D eigenvalue weighted by Gasteiger charge is -2.31. The molecule has 4 nitrogen and oxygen atoms in total. The number of nitrogens with zero attached hydrogens (tertiary/aromatic N) is 1. The number of primary amides is 1. The smallest absolute Gasteiger partial charge is 0.255 e. The van der Waals surface area contributed by atoms with E-state index in [-0.39, 0.29) is 28.1 Å². The number of likely N-dealkylation sites (tertiary alicyclic amines) is 1. The van der Waals surface area contributed by atoms with Crippen LogP contribution in [0.1, 0.15) is 23.2 Å². The third kappa shape index (κ3) is 3.04. The number of hydrogen-bond donors (Lipinski definition) is 1. The number of nitrogens with two attached hydrogens (primary N) is 1. The summed E-state index contributed by atoms with van der Waals surface area (Å²) in [5.41, 5.74) is 5.30. The van der Waals surface area contributed by atoms with Crippen LogP contribution in [-0.2, 0) is 4.79 Å². The van der Waals surface area contributed by atoms with Gasteiger partial charge in [-0.25, -0.2) is 4.39 Å². The summed E-state index contributed by atoms with van der Waals surface area (Å²) >= 11 is 11.5. The molecule has 1 unspecified atom stereocenters. The van der Waals surface area contributed by atoms with E-state index in [1.165, 1.54) is 11.0 Å². The first-order valence-electron chi connectivity index (χ1n) is 6.13. The van der Waals surface area contributed by atoms with E-state index in [2.05, 4.69) is 0 Å². The molecule has 2 amide bonds. The third-order valence-electron chi connectivity index (χ3n) is 3.35. The number of benzene rings is 1. The van der Waals surface area contributed by atoms with E-state index in [0.717, 1.165) is 6.07 Å². The molecule has 2 N–H and O–H groups in total. The van der Waals surface area contributed by atoms with Crippen LogP contribution in [0.5, 0.6) is 0 Å². The molecular weight excluding hydrogens is 306 g/mol. The predicted octanol–water partition coefficient (Wildman–Crippen LogP) is 2.47. The minimum atomic E-state index is -0.706. The van der Waals surface area contributed by atoms with Crippen LogP contribution >= 0.6 is 23.2 Å². The minimum absolute atomic E-state index is 0.0405. The van der Waals surface area contributed by atoms with Crippen LogP contribution in [0.2, 0.25) is 10.0 Å². The highest BCUT2D eigenvalue weighted by Crippen LogP contribution is 2.27. The third-order valence-corrected chi connectivity index (χ3v) is 3.95. The fraction of sp³-hybridized carbons (Fsp3) is 0.385. The molecule has 108 valence electrons. The van der Waals surface area contributed by atoms with Gasteiger partial charge in [0.15, 0.2) is 0 Å². The fourth-order valence-electron chi connectivity index (χ4n) is 2.25. The first-order valence-corrected chi connectivity index (χ1v) is 6.89. The van der Waals surface area contributed by atoms with Gasteiger partial charge in [0.25, 0.3) is 5.91 Å². The van der Waals surface area contributed by atoms with E-state index in [9.17, 15) is 14.0 Å². The summed E-state index contributed by atoms with van der Waals surface area (Å²) < 4.78 is 13.5. The van der Waals surface area contributed by atoms with Crippen LogP contribution in [0.4, 0.5) is 4.39 Å². The summed E-state index contributed by atoms with van der Waals surface area (Å²) in [6, 6.07) is 2.21. The lowest BCUT2D eigenvalue weighted by molar-refractivity contribution is -0.123. The van der Waals surface area contributed by atoms with Crippen molar-refractivity contribution in [2.45, 2.75) is 12.8 Å². The summed E-state index contributed by atoms with van der Waals surface area (Å²) in [5.74, 6) is -1.93. The van der Waals surface area contributed by atoms with Gasteiger partial charge in [0.05, 0.1) is 21.5 Å². The molecule has 0 bridgehead atoms. The predicted molar refractivity (Wildman–Crippen MR) is 74.2 cm³/mol. The first-order chi connectivity index (χ1) is 9.40. The molecule has 1 aliphatic rings. The molecule has 1 heterocycles. The van der Waals surface area contributed by atoms with Crippen molar-refractivity contribution in [2.24, 2.45) is 11.7 Å². The molecule has 0 aliphatic carbocycles. The number of rotatable bonds is 2. The fourth-order valence-corrected chi connectivity index (χ4v) is 2.71. The van der Waals surface area contributed by atoms with Crippen LogP contribution < -0.4 is 5.73 Å². The summed E-state index contributed by atoms with van der Waals surface area (Å²) in [6.07, 6.45) is 1.33. The number of amides is 2. The molecule has 1 fully saturated rings. The highest BCUT2D eigenvalue weighted by atomic mass is 35.5. The zero-order valence-corrected chi connectivity index (χ0v) is 12.0. The second-order valence-electron chi connectivity index (χ2n) is 4.74. The lowest BCUT2D eigenvalue weighted by Crippen LogP contribution is -2.44. The van der Waals surface area contributed by atoms with Gasteiger partial charge in [-0.05, 0) is 25.0 Å². The van der Waals surface area contributed by atoms with Gasteiger partial charge in [-0.2, -0.15) is 0 Å². The Kier molecular flexibility index (Phi) is 4.50. The molecule has 1 aromatic rings. The molecule has 2 rings (SSSR count).